The van der Waals surface area contributed by atoms with Crippen LogP contribution in [0.25, 0.3) is 10.6 Å². The van der Waals surface area contributed by atoms with Gasteiger partial charge in [0, 0.05) is 24.2 Å². The fourth-order valence-electron chi connectivity index (χ4n) is 2.77. The molecule has 3 aromatic rings. The summed E-state index contributed by atoms with van der Waals surface area (Å²) in [5, 5.41) is 12.3. The monoisotopic (exact) mass is 383 g/mol. The quantitative estimate of drug-likeness (QED) is 0.721. The van der Waals surface area contributed by atoms with E-state index in [-0.39, 0.29) is 24.5 Å². The van der Waals surface area contributed by atoms with Crippen molar-refractivity contribution in [3.63, 3.8) is 0 Å². The number of anilines is 1. The maximum atomic E-state index is 12.5. The summed E-state index contributed by atoms with van der Waals surface area (Å²) in [5.41, 5.74) is 2.70. The Morgan fingerprint density at radius 3 is 3.07 bits per heavy atom. The van der Waals surface area contributed by atoms with Gasteiger partial charge in [-0.2, -0.15) is 5.10 Å². The van der Waals surface area contributed by atoms with Gasteiger partial charge in [-0.15, -0.1) is 11.3 Å². The van der Waals surface area contributed by atoms with Crippen LogP contribution in [0.2, 0.25) is 0 Å². The largest absolute Gasteiger partial charge is 0.482 e. The number of nitrogens with zero attached hydrogens (tertiary/aromatic N) is 3. The first-order chi connectivity index (χ1) is 13.0. The number of carbonyl (C=O) groups is 2. The van der Waals surface area contributed by atoms with Crippen LogP contribution in [0.3, 0.4) is 0 Å². The highest BCUT2D eigenvalue weighted by Gasteiger charge is 2.19. The van der Waals surface area contributed by atoms with Crippen LogP contribution in [0.15, 0.2) is 36.0 Å². The molecule has 0 bridgehead atoms. The van der Waals surface area contributed by atoms with Crippen LogP contribution in [0.4, 0.5) is 5.69 Å². The Labute approximate surface area is 159 Å². The van der Waals surface area contributed by atoms with Crippen molar-refractivity contribution >= 4 is 28.8 Å². The van der Waals surface area contributed by atoms with Crippen molar-refractivity contribution in [2.24, 2.45) is 7.05 Å². The molecule has 4 rings (SSSR count). The maximum Gasteiger partial charge on any atom is 0.271 e. The molecule has 0 spiro atoms. The van der Waals surface area contributed by atoms with E-state index >= 15 is 0 Å². The van der Waals surface area contributed by atoms with Crippen molar-refractivity contribution in [1.29, 1.82) is 0 Å². The van der Waals surface area contributed by atoms with Gasteiger partial charge in [0.2, 0.25) is 0 Å². The first-order valence-corrected chi connectivity index (χ1v) is 9.19. The number of hydrogen-bond donors (Lipinski definition) is 2. The van der Waals surface area contributed by atoms with Gasteiger partial charge >= 0.3 is 0 Å². The minimum atomic E-state index is -0.259. The summed E-state index contributed by atoms with van der Waals surface area (Å²) in [7, 11) is 1.83. The van der Waals surface area contributed by atoms with Gasteiger partial charge in [0.05, 0.1) is 17.9 Å². The number of nitrogens with one attached hydrogen (secondary N) is 2. The standard InChI is InChI=1S/C18H17N5O3S/c1-10(11-3-4-15-13(5-11)21-16(24)8-26-15)20-17(25)14-9-27-18(22-14)12-6-19-23(2)7-12/h3-7,9-10H,8H2,1-2H3,(H,20,25)(H,21,24)/t10-/m0/s1. The Morgan fingerprint density at radius 2 is 2.30 bits per heavy atom. The molecule has 0 aliphatic carbocycles. The summed E-state index contributed by atoms with van der Waals surface area (Å²) in [6.45, 7) is 1.89. The van der Waals surface area contributed by atoms with Crippen LogP contribution in [-0.2, 0) is 11.8 Å². The Hall–Kier alpha value is -3.20. The lowest BCUT2D eigenvalue weighted by Gasteiger charge is -2.20. The highest BCUT2D eigenvalue weighted by Crippen LogP contribution is 2.30. The van der Waals surface area contributed by atoms with Gasteiger partial charge in [0.15, 0.2) is 6.61 Å². The molecule has 0 fully saturated rings. The third-order valence-electron chi connectivity index (χ3n) is 4.17. The zero-order valence-electron chi connectivity index (χ0n) is 14.7. The van der Waals surface area contributed by atoms with E-state index in [0.717, 1.165) is 16.1 Å². The predicted molar refractivity (Wildman–Crippen MR) is 101 cm³/mol. The minimum absolute atomic E-state index is 0.0156. The number of ether oxygens (including phenoxy) is 1. The maximum absolute atomic E-state index is 12.5. The third kappa shape index (κ3) is 3.54. The number of benzene rings is 1. The SMILES string of the molecule is C[C@H](NC(=O)c1csc(-c2cnn(C)c2)n1)c1ccc2c(c1)NC(=O)CO2. The third-order valence-corrected chi connectivity index (χ3v) is 5.06. The van der Waals surface area contributed by atoms with Crippen LogP contribution >= 0.6 is 11.3 Å². The van der Waals surface area contributed by atoms with Gasteiger partial charge in [-0.1, -0.05) is 6.07 Å². The van der Waals surface area contributed by atoms with Crippen LogP contribution in [0.1, 0.15) is 29.0 Å². The second-order valence-corrected chi connectivity index (χ2v) is 7.09. The molecule has 0 saturated heterocycles. The molecule has 1 aromatic carbocycles. The molecule has 138 valence electrons. The van der Waals surface area contributed by atoms with Crippen molar-refractivity contribution in [3.05, 3.63) is 47.2 Å². The van der Waals surface area contributed by atoms with Gasteiger partial charge in [0.1, 0.15) is 16.5 Å². The molecular weight excluding hydrogens is 366 g/mol. The second-order valence-electron chi connectivity index (χ2n) is 6.23. The molecule has 1 aliphatic heterocycles. The molecule has 2 N–H and O–H groups in total. The highest BCUT2D eigenvalue weighted by molar-refractivity contribution is 7.13. The van der Waals surface area contributed by atoms with Gasteiger partial charge in [-0.25, -0.2) is 4.98 Å². The van der Waals surface area contributed by atoms with E-state index in [1.165, 1.54) is 11.3 Å². The summed E-state index contributed by atoms with van der Waals surface area (Å²) in [5.74, 6) is 0.172. The van der Waals surface area contributed by atoms with Gasteiger partial charge in [-0.05, 0) is 24.6 Å². The molecule has 3 heterocycles. The normalized spacial score (nSPS) is 14.1. The van der Waals surface area contributed by atoms with Crippen LogP contribution in [-0.4, -0.2) is 33.2 Å². The van der Waals surface area contributed by atoms with E-state index < -0.39 is 0 Å². The van der Waals surface area contributed by atoms with Gasteiger partial charge in [0.25, 0.3) is 11.8 Å². The average Bonchev–Trinajstić information content (AvgIpc) is 3.30. The van der Waals surface area contributed by atoms with Crippen LogP contribution in [0.5, 0.6) is 5.75 Å². The lowest BCUT2D eigenvalue weighted by molar-refractivity contribution is -0.118. The van der Waals surface area contributed by atoms with Gasteiger partial charge < -0.3 is 15.4 Å². The number of fused-ring (bicyclic) bond motifs is 1. The van der Waals surface area contributed by atoms with Crippen molar-refractivity contribution in [2.45, 2.75) is 13.0 Å². The molecule has 0 saturated carbocycles. The Kier molecular flexibility index (Phi) is 4.36. The highest BCUT2D eigenvalue weighted by atomic mass is 32.1. The van der Waals surface area contributed by atoms with E-state index in [2.05, 4.69) is 20.7 Å². The lowest BCUT2D eigenvalue weighted by Crippen LogP contribution is -2.28. The molecule has 2 amide bonds. The number of carbonyl (C=O) groups excluding carboxylic acids is 2. The van der Waals surface area contributed by atoms with E-state index in [4.69, 9.17) is 4.74 Å². The lowest BCUT2D eigenvalue weighted by atomic mass is 10.1. The molecule has 1 atom stereocenters. The number of amides is 2. The molecule has 1 aliphatic rings. The minimum Gasteiger partial charge on any atom is -0.482 e. The smallest absolute Gasteiger partial charge is 0.271 e. The number of aromatic nitrogens is 3. The average molecular weight is 383 g/mol. The number of aryl methyl sites for hydroxylation is 1. The molecule has 2 aromatic heterocycles. The molecule has 0 radical (unpaired) electrons. The fraction of sp³-hybridized carbons (Fsp3) is 0.222. The summed E-state index contributed by atoms with van der Waals surface area (Å²) in [6.07, 6.45) is 3.57. The van der Waals surface area contributed by atoms with Crippen molar-refractivity contribution < 1.29 is 14.3 Å². The van der Waals surface area contributed by atoms with E-state index in [1.807, 2.05) is 26.2 Å². The summed E-state index contributed by atoms with van der Waals surface area (Å²) >= 11 is 1.40. The zero-order chi connectivity index (χ0) is 19.0. The molecular formula is C18H17N5O3S. The Bertz CT molecular complexity index is 1030. The topological polar surface area (TPSA) is 98.1 Å². The molecule has 27 heavy (non-hydrogen) atoms. The Morgan fingerprint density at radius 1 is 1.44 bits per heavy atom. The summed E-state index contributed by atoms with van der Waals surface area (Å²) in [6, 6.07) is 5.20. The summed E-state index contributed by atoms with van der Waals surface area (Å²) in [4.78, 5) is 28.4. The molecule has 8 nitrogen and oxygen atoms in total. The molecule has 0 unspecified atom stereocenters. The first-order valence-electron chi connectivity index (χ1n) is 8.31. The van der Waals surface area contributed by atoms with Crippen LogP contribution in [0, 0.1) is 0 Å². The molecule has 9 heteroatoms. The first kappa shape index (κ1) is 17.2. The number of thiazole rings is 1. The van der Waals surface area contributed by atoms with Gasteiger partial charge in [-0.3, -0.25) is 14.3 Å². The number of rotatable bonds is 4. The van der Waals surface area contributed by atoms with Crippen molar-refractivity contribution in [2.75, 3.05) is 11.9 Å². The van der Waals surface area contributed by atoms with Crippen molar-refractivity contribution in [3.8, 4) is 16.3 Å². The van der Waals surface area contributed by atoms with E-state index in [1.54, 1.807) is 28.4 Å². The van der Waals surface area contributed by atoms with E-state index in [9.17, 15) is 9.59 Å². The Balaban J connectivity index is 1.47. The zero-order valence-corrected chi connectivity index (χ0v) is 15.5. The summed E-state index contributed by atoms with van der Waals surface area (Å²) < 4.78 is 7.04. The second kappa shape index (κ2) is 6.84. The number of hydrogen-bond acceptors (Lipinski definition) is 6. The predicted octanol–water partition coefficient (Wildman–Crippen LogP) is 2.37. The van der Waals surface area contributed by atoms with E-state index in [0.29, 0.717) is 17.1 Å². The van der Waals surface area contributed by atoms with Crippen molar-refractivity contribution in [1.82, 2.24) is 20.1 Å². The fourth-order valence-corrected chi connectivity index (χ4v) is 3.54. The van der Waals surface area contributed by atoms with Crippen LogP contribution < -0.4 is 15.4 Å².